The quantitative estimate of drug-likeness (QED) is 0.382. The summed E-state index contributed by atoms with van der Waals surface area (Å²) in [5, 5.41) is 7.83. The van der Waals surface area contributed by atoms with Gasteiger partial charge in [-0.1, -0.05) is 0 Å². The average molecular weight is 604 g/mol. The second-order valence-corrected chi connectivity index (χ2v) is 10.3. The molecular formula is C25H27F6N7O4. The van der Waals surface area contributed by atoms with E-state index in [2.05, 4.69) is 15.4 Å². The van der Waals surface area contributed by atoms with E-state index in [1.165, 1.54) is 4.90 Å². The number of carbonyl (C=O) groups excluding carboxylic acids is 2. The van der Waals surface area contributed by atoms with E-state index in [0.717, 1.165) is 12.3 Å². The first kappa shape index (κ1) is 29.6. The van der Waals surface area contributed by atoms with Crippen molar-refractivity contribution in [3.63, 3.8) is 0 Å². The Hall–Kier alpha value is -3.89. The average Bonchev–Trinajstić information content (AvgIpc) is 3.32. The van der Waals surface area contributed by atoms with Crippen molar-refractivity contribution in [1.82, 2.24) is 20.1 Å². The number of ether oxygens (including phenoxy) is 1. The normalized spacial score (nSPS) is 21.1. The Morgan fingerprint density at radius 1 is 1.05 bits per heavy atom. The van der Waals surface area contributed by atoms with Crippen LogP contribution < -0.4 is 20.7 Å². The van der Waals surface area contributed by atoms with Gasteiger partial charge in [-0.25, -0.2) is 10.1 Å². The van der Waals surface area contributed by atoms with Crippen molar-refractivity contribution >= 4 is 29.0 Å². The number of fused-ring (bicyclic) bond motifs is 3. The van der Waals surface area contributed by atoms with E-state index in [9.17, 15) is 40.7 Å². The molecule has 2 N–H and O–H groups in total. The number of nitrogens with zero attached hydrogens (tertiary/aromatic N) is 5. The zero-order valence-electron chi connectivity index (χ0n) is 22.1. The van der Waals surface area contributed by atoms with E-state index in [1.807, 2.05) is 5.10 Å². The molecule has 2 atom stereocenters. The molecule has 0 aliphatic carbocycles. The molecule has 11 nitrogen and oxygen atoms in total. The first-order valence-electron chi connectivity index (χ1n) is 13.2. The first-order valence-corrected chi connectivity index (χ1v) is 13.2. The lowest BCUT2D eigenvalue weighted by molar-refractivity contribution is -0.139. The van der Waals surface area contributed by atoms with E-state index in [0.29, 0.717) is 19.0 Å². The lowest BCUT2D eigenvalue weighted by Crippen LogP contribution is -2.55. The molecule has 17 heteroatoms. The maximum absolute atomic E-state index is 13.5. The molecular weight excluding hydrogens is 576 g/mol. The van der Waals surface area contributed by atoms with Gasteiger partial charge in [-0.2, -0.15) is 31.4 Å². The Bertz CT molecular complexity index is 1400. The maximum atomic E-state index is 13.5. The molecule has 0 saturated carbocycles. The Morgan fingerprint density at radius 2 is 1.83 bits per heavy atom. The number of H-pyrrole nitrogens is 1. The molecule has 2 fully saturated rings. The Morgan fingerprint density at radius 3 is 2.57 bits per heavy atom. The minimum absolute atomic E-state index is 0.00109. The molecule has 5 heterocycles. The highest BCUT2D eigenvalue weighted by molar-refractivity contribution is 5.96. The second kappa shape index (κ2) is 11.4. The lowest BCUT2D eigenvalue weighted by Gasteiger charge is -2.41. The summed E-state index contributed by atoms with van der Waals surface area (Å²) in [5.74, 6) is -0.547. The van der Waals surface area contributed by atoms with Crippen LogP contribution in [0.2, 0.25) is 0 Å². The van der Waals surface area contributed by atoms with Crippen LogP contribution >= 0.6 is 0 Å². The van der Waals surface area contributed by atoms with E-state index in [-0.39, 0.29) is 75.3 Å². The van der Waals surface area contributed by atoms with Crippen LogP contribution in [0.1, 0.15) is 36.8 Å². The number of anilines is 3. The van der Waals surface area contributed by atoms with Gasteiger partial charge in [0.25, 0.3) is 5.56 Å². The van der Waals surface area contributed by atoms with Gasteiger partial charge in [-0.15, -0.1) is 0 Å². The predicted molar refractivity (Wildman–Crippen MR) is 136 cm³/mol. The topological polar surface area (TPSA) is 124 Å². The van der Waals surface area contributed by atoms with Crippen molar-refractivity contribution in [2.45, 2.75) is 50.1 Å². The van der Waals surface area contributed by atoms with Crippen LogP contribution in [0.15, 0.2) is 23.3 Å². The van der Waals surface area contributed by atoms with Crippen molar-refractivity contribution in [3.05, 3.63) is 39.9 Å². The van der Waals surface area contributed by atoms with E-state index in [4.69, 9.17) is 4.74 Å². The number of hydrogen-bond donors (Lipinski definition) is 2. The number of rotatable bonds is 6. The fraction of sp³-hybridized carbons (Fsp3) is 0.560. The summed E-state index contributed by atoms with van der Waals surface area (Å²) < 4.78 is 85.6. The molecule has 3 aliphatic rings. The summed E-state index contributed by atoms with van der Waals surface area (Å²) in [7, 11) is 0. The van der Waals surface area contributed by atoms with Crippen molar-refractivity contribution < 1.29 is 40.7 Å². The minimum Gasteiger partial charge on any atom is -0.379 e. The highest BCUT2D eigenvalue weighted by Gasteiger charge is 2.41. The van der Waals surface area contributed by atoms with E-state index < -0.39 is 47.0 Å². The summed E-state index contributed by atoms with van der Waals surface area (Å²) in [4.78, 5) is 45.9. The number of nitrogens with one attached hydrogen (secondary N) is 2. The molecule has 0 bridgehead atoms. The molecule has 1 unspecified atom stereocenters. The van der Waals surface area contributed by atoms with Crippen molar-refractivity contribution in [1.29, 1.82) is 0 Å². The number of carbonyl (C=O) groups is 2. The third-order valence-corrected chi connectivity index (χ3v) is 7.57. The van der Waals surface area contributed by atoms with Gasteiger partial charge in [0.15, 0.2) is 5.82 Å². The summed E-state index contributed by atoms with van der Waals surface area (Å²) in [6.45, 7) is 0.976. The number of piperazine rings is 1. The minimum atomic E-state index is -4.86. The van der Waals surface area contributed by atoms with Gasteiger partial charge in [0, 0.05) is 38.8 Å². The number of aromatic nitrogens is 3. The Kier molecular flexibility index (Phi) is 8.04. The van der Waals surface area contributed by atoms with Crippen LogP contribution in [0, 0.1) is 0 Å². The lowest BCUT2D eigenvalue weighted by atomic mass is 10.1. The number of alkyl halides is 6. The van der Waals surface area contributed by atoms with Crippen LogP contribution in [0.5, 0.6) is 0 Å². The third kappa shape index (κ3) is 6.15. The van der Waals surface area contributed by atoms with E-state index >= 15 is 0 Å². The van der Waals surface area contributed by atoms with Crippen LogP contribution in [0.3, 0.4) is 0 Å². The van der Waals surface area contributed by atoms with Gasteiger partial charge in [0.1, 0.15) is 5.56 Å². The Balaban J connectivity index is 1.16. The highest BCUT2D eigenvalue weighted by atomic mass is 19.4. The number of halogens is 6. The van der Waals surface area contributed by atoms with Gasteiger partial charge in [-0.3, -0.25) is 14.4 Å². The molecule has 2 aromatic rings. The molecule has 0 aromatic carbocycles. The Labute approximate surface area is 234 Å². The predicted octanol–water partition coefficient (Wildman–Crippen LogP) is 2.64. The maximum Gasteiger partial charge on any atom is 0.423 e. The zero-order valence-corrected chi connectivity index (χ0v) is 22.1. The van der Waals surface area contributed by atoms with Gasteiger partial charge < -0.3 is 24.8 Å². The summed E-state index contributed by atoms with van der Waals surface area (Å²) >= 11 is 0. The molecule has 0 radical (unpaired) electrons. The van der Waals surface area contributed by atoms with Crippen molar-refractivity contribution in [2.24, 2.45) is 0 Å². The monoisotopic (exact) mass is 603 g/mol. The molecule has 228 valence electrons. The number of aromatic amines is 1. The molecule has 2 saturated heterocycles. The van der Waals surface area contributed by atoms with Crippen LogP contribution in [-0.4, -0.2) is 83.4 Å². The summed E-state index contributed by atoms with van der Waals surface area (Å²) in [6.07, 6.45) is -6.74. The highest BCUT2D eigenvalue weighted by Crippen LogP contribution is 2.38. The van der Waals surface area contributed by atoms with Crippen molar-refractivity contribution in [3.8, 4) is 0 Å². The number of amides is 2. The standard InChI is InChI=1S/C25H27F6N7O4/c26-24(27,28)14-8-17-22(32-10-14)38-6-5-36(12-16(38)9-19(39)34-17)20(40)3-7-42-13-15-2-1-4-37(15)18-11-33-35-23(41)21(18)25(29,30)31/h8,10-11,15-16H,1-7,9,12-13H2,(H,34,39)(H,35,41)/t15-,16?/m0/s1. The third-order valence-electron chi connectivity index (χ3n) is 7.57. The summed E-state index contributed by atoms with van der Waals surface area (Å²) in [6, 6.07) is -0.0888. The van der Waals surface area contributed by atoms with Crippen LogP contribution in [0.25, 0.3) is 0 Å². The number of hydrogen-bond acceptors (Lipinski definition) is 8. The molecule has 5 rings (SSSR count). The van der Waals surface area contributed by atoms with E-state index in [1.54, 1.807) is 9.80 Å². The molecule has 2 aromatic heterocycles. The largest absolute Gasteiger partial charge is 0.423 e. The fourth-order valence-electron chi connectivity index (χ4n) is 5.63. The number of pyridine rings is 1. The SMILES string of the molecule is O=C1CC2CN(C(=O)CCOC[C@@H]3CCCN3c3cn[nH]c(=O)c3C(F)(F)F)CCN2c2ncc(C(F)(F)F)cc2N1. The summed E-state index contributed by atoms with van der Waals surface area (Å²) in [5.41, 5.74) is -3.98. The molecule has 0 spiro atoms. The fourth-order valence-corrected chi connectivity index (χ4v) is 5.63. The first-order chi connectivity index (χ1) is 19.8. The van der Waals surface area contributed by atoms with Gasteiger partial charge in [0.2, 0.25) is 11.8 Å². The molecule has 42 heavy (non-hydrogen) atoms. The van der Waals surface area contributed by atoms with Crippen molar-refractivity contribution in [2.75, 3.05) is 54.5 Å². The zero-order chi connectivity index (χ0) is 30.2. The van der Waals surface area contributed by atoms with Crippen LogP contribution in [-0.2, 0) is 26.7 Å². The molecule has 2 amide bonds. The van der Waals surface area contributed by atoms with Gasteiger partial charge in [-0.05, 0) is 18.9 Å². The van der Waals surface area contributed by atoms with Gasteiger partial charge in [0.05, 0.1) is 54.9 Å². The second-order valence-electron chi connectivity index (χ2n) is 10.3. The smallest absolute Gasteiger partial charge is 0.379 e. The molecule has 3 aliphatic heterocycles. The van der Waals surface area contributed by atoms with Gasteiger partial charge >= 0.3 is 12.4 Å². The van der Waals surface area contributed by atoms with Crippen LogP contribution in [0.4, 0.5) is 43.5 Å².